The van der Waals surface area contributed by atoms with Crippen LogP contribution < -0.4 is 5.32 Å². The topological polar surface area (TPSA) is 73.0 Å². The molecule has 0 bridgehead atoms. The molecular formula is C15H19FN4O2. The highest BCUT2D eigenvalue weighted by Crippen LogP contribution is 2.38. The molecule has 1 aromatic heterocycles. The molecule has 0 spiro atoms. The van der Waals surface area contributed by atoms with E-state index < -0.39 is 10.7 Å². The second kappa shape index (κ2) is 5.75. The highest BCUT2D eigenvalue weighted by Gasteiger charge is 2.29. The van der Waals surface area contributed by atoms with Gasteiger partial charge in [-0.15, -0.1) is 0 Å². The minimum atomic E-state index is -0.633. The zero-order valence-electron chi connectivity index (χ0n) is 13.0. The predicted molar refractivity (Wildman–Crippen MR) is 82.1 cm³/mol. The van der Waals surface area contributed by atoms with Gasteiger partial charge in [-0.3, -0.25) is 14.8 Å². The smallest absolute Gasteiger partial charge is 0.295 e. The quantitative estimate of drug-likeness (QED) is 0.691. The van der Waals surface area contributed by atoms with E-state index in [0.717, 1.165) is 11.6 Å². The molecule has 0 aliphatic heterocycles. The van der Waals surface area contributed by atoms with Gasteiger partial charge in [-0.25, -0.2) is 4.39 Å². The molecule has 22 heavy (non-hydrogen) atoms. The molecule has 7 heteroatoms. The maximum Gasteiger partial charge on any atom is 0.295 e. The van der Waals surface area contributed by atoms with E-state index in [1.807, 2.05) is 34.0 Å². The number of benzene rings is 1. The summed E-state index contributed by atoms with van der Waals surface area (Å²) in [5.74, 6) is -0.633. The Hall–Kier alpha value is -2.44. The fourth-order valence-corrected chi connectivity index (χ4v) is 2.32. The minimum Gasteiger partial charge on any atom is -0.372 e. The van der Waals surface area contributed by atoms with Gasteiger partial charge in [-0.1, -0.05) is 20.8 Å². The Morgan fingerprint density at radius 2 is 2.09 bits per heavy atom. The standard InChI is InChI=1S/C15H19FN4O2/c1-15(2,3)14(10-8-17-19(4)9-10)18-12-6-5-11(16)7-13(12)20(21)22/h5-9,14,18H,1-4H3/t14-/m1/s1. The average molecular weight is 306 g/mol. The Kier molecular flexibility index (Phi) is 4.16. The fourth-order valence-electron chi connectivity index (χ4n) is 2.32. The van der Waals surface area contributed by atoms with Crippen LogP contribution in [0.15, 0.2) is 30.6 Å². The lowest BCUT2D eigenvalue weighted by molar-refractivity contribution is -0.384. The van der Waals surface area contributed by atoms with Crippen molar-refractivity contribution in [1.29, 1.82) is 0 Å². The van der Waals surface area contributed by atoms with Crippen LogP contribution in [0.5, 0.6) is 0 Å². The first-order valence-corrected chi connectivity index (χ1v) is 6.87. The van der Waals surface area contributed by atoms with Crippen molar-refractivity contribution in [2.24, 2.45) is 12.5 Å². The molecule has 6 nitrogen and oxygen atoms in total. The second-order valence-electron chi connectivity index (χ2n) is 6.31. The molecule has 1 aromatic carbocycles. The number of nitro benzene ring substituents is 1. The van der Waals surface area contributed by atoms with Gasteiger partial charge in [0.1, 0.15) is 11.5 Å². The van der Waals surface area contributed by atoms with Crippen LogP contribution in [0.2, 0.25) is 0 Å². The van der Waals surface area contributed by atoms with E-state index in [1.54, 1.807) is 10.9 Å². The molecule has 1 N–H and O–H groups in total. The van der Waals surface area contributed by atoms with Crippen LogP contribution in [0.25, 0.3) is 0 Å². The van der Waals surface area contributed by atoms with Crippen molar-refractivity contribution >= 4 is 11.4 Å². The highest BCUT2D eigenvalue weighted by atomic mass is 19.1. The van der Waals surface area contributed by atoms with Crippen LogP contribution in [0.4, 0.5) is 15.8 Å². The van der Waals surface area contributed by atoms with Crippen molar-refractivity contribution < 1.29 is 9.31 Å². The summed E-state index contributed by atoms with van der Waals surface area (Å²) in [7, 11) is 1.81. The van der Waals surface area contributed by atoms with E-state index in [2.05, 4.69) is 10.4 Å². The number of rotatable bonds is 4. The number of aryl methyl sites for hydroxylation is 1. The molecular weight excluding hydrogens is 287 g/mol. The summed E-state index contributed by atoms with van der Waals surface area (Å²) in [6, 6.07) is 3.32. The number of nitrogens with one attached hydrogen (secondary N) is 1. The molecule has 1 atom stereocenters. The lowest BCUT2D eigenvalue weighted by Crippen LogP contribution is -2.25. The monoisotopic (exact) mass is 306 g/mol. The van der Waals surface area contributed by atoms with Gasteiger partial charge in [0.2, 0.25) is 0 Å². The second-order valence-corrected chi connectivity index (χ2v) is 6.31. The summed E-state index contributed by atoms with van der Waals surface area (Å²) in [5, 5.41) is 18.4. The number of hydrogen-bond donors (Lipinski definition) is 1. The molecule has 1 heterocycles. The number of nitrogens with zero attached hydrogens (tertiary/aromatic N) is 3. The Morgan fingerprint density at radius 3 is 2.59 bits per heavy atom. The van der Waals surface area contributed by atoms with Crippen LogP contribution in [0.3, 0.4) is 0 Å². The molecule has 2 aromatic rings. The largest absolute Gasteiger partial charge is 0.372 e. The third-order valence-electron chi connectivity index (χ3n) is 3.38. The van der Waals surface area contributed by atoms with E-state index in [0.29, 0.717) is 0 Å². The molecule has 0 aliphatic rings. The van der Waals surface area contributed by atoms with E-state index in [4.69, 9.17) is 0 Å². The third-order valence-corrected chi connectivity index (χ3v) is 3.38. The van der Waals surface area contributed by atoms with Gasteiger partial charge in [-0.2, -0.15) is 5.10 Å². The van der Waals surface area contributed by atoms with Gasteiger partial charge in [0.25, 0.3) is 5.69 Å². The summed E-state index contributed by atoms with van der Waals surface area (Å²) in [6.07, 6.45) is 3.58. The minimum absolute atomic E-state index is 0.203. The number of nitro groups is 1. The third kappa shape index (κ3) is 3.41. The zero-order valence-corrected chi connectivity index (χ0v) is 13.0. The molecule has 0 aliphatic carbocycles. The van der Waals surface area contributed by atoms with Gasteiger partial charge < -0.3 is 5.32 Å². The summed E-state index contributed by atoms with van der Waals surface area (Å²) in [5.41, 5.74) is 0.701. The molecule has 2 rings (SSSR count). The van der Waals surface area contributed by atoms with E-state index >= 15 is 0 Å². The van der Waals surface area contributed by atoms with Crippen molar-refractivity contribution in [3.63, 3.8) is 0 Å². The first-order valence-electron chi connectivity index (χ1n) is 6.87. The van der Waals surface area contributed by atoms with E-state index in [9.17, 15) is 14.5 Å². The van der Waals surface area contributed by atoms with Crippen molar-refractivity contribution in [3.8, 4) is 0 Å². The van der Waals surface area contributed by atoms with E-state index in [1.165, 1.54) is 12.1 Å². The lowest BCUT2D eigenvalue weighted by Gasteiger charge is -2.31. The SMILES string of the molecule is Cn1cc([C@@H](Nc2ccc(F)cc2[N+](=O)[O-])C(C)(C)C)cn1. The number of aromatic nitrogens is 2. The number of halogens is 1. The lowest BCUT2D eigenvalue weighted by atomic mass is 9.83. The van der Waals surface area contributed by atoms with Gasteiger partial charge in [0, 0.05) is 18.8 Å². The van der Waals surface area contributed by atoms with Gasteiger partial charge in [0.05, 0.1) is 23.2 Å². The molecule has 0 saturated heterocycles. The summed E-state index contributed by atoms with van der Waals surface area (Å²) in [4.78, 5) is 10.5. The maximum atomic E-state index is 13.3. The Balaban J connectivity index is 2.42. The van der Waals surface area contributed by atoms with Crippen LogP contribution in [0, 0.1) is 21.3 Å². The Bertz CT molecular complexity index is 691. The van der Waals surface area contributed by atoms with Crippen LogP contribution >= 0.6 is 0 Å². The highest BCUT2D eigenvalue weighted by molar-refractivity contribution is 5.62. The van der Waals surface area contributed by atoms with Crippen molar-refractivity contribution in [2.45, 2.75) is 26.8 Å². The normalized spacial score (nSPS) is 13.0. The summed E-state index contributed by atoms with van der Waals surface area (Å²) in [6.45, 7) is 6.06. The van der Waals surface area contributed by atoms with Gasteiger partial charge in [0.15, 0.2) is 0 Å². The predicted octanol–water partition coefficient (Wildman–Crippen LogP) is 3.67. The van der Waals surface area contributed by atoms with Crippen molar-refractivity contribution in [2.75, 3.05) is 5.32 Å². The number of hydrogen-bond acceptors (Lipinski definition) is 4. The van der Waals surface area contributed by atoms with E-state index in [-0.39, 0.29) is 22.8 Å². The maximum absolute atomic E-state index is 13.3. The van der Waals surface area contributed by atoms with Crippen LogP contribution in [-0.2, 0) is 7.05 Å². The zero-order chi connectivity index (χ0) is 16.5. The Morgan fingerprint density at radius 1 is 1.41 bits per heavy atom. The van der Waals surface area contributed by atoms with Gasteiger partial charge in [-0.05, 0) is 17.5 Å². The van der Waals surface area contributed by atoms with Crippen LogP contribution in [0.1, 0.15) is 32.4 Å². The Labute approximate surface area is 128 Å². The molecule has 0 saturated carbocycles. The molecule has 0 radical (unpaired) electrons. The van der Waals surface area contributed by atoms with Crippen LogP contribution in [-0.4, -0.2) is 14.7 Å². The fraction of sp³-hybridized carbons (Fsp3) is 0.400. The molecule has 0 unspecified atom stereocenters. The first-order chi connectivity index (χ1) is 10.2. The summed E-state index contributed by atoms with van der Waals surface area (Å²) >= 11 is 0. The molecule has 0 amide bonds. The number of anilines is 1. The molecule has 118 valence electrons. The summed E-state index contributed by atoms with van der Waals surface area (Å²) < 4.78 is 14.9. The first kappa shape index (κ1) is 15.9. The average Bonchev–Trinajstić information content (AvgIpc) is 2.81. The van der Waals surface area contributed by atoms with Gasteiger partial charge >= 0.3 is 0 Å². The molecule has 0 fully saturated rings. The van der Waals surface area contributed by atoms with Crippen molar-refractivity contribution in [1.82, 2.24) is 9.78 Å². The van der Waals surface area contributed by atoms with Crippen molar-refractivity contribution in [3.05, 3.63) is 52.1 Å².